The Balaban J connectivity index is 2.13. The highest BCUT2D eigenvalue weighted by atomic mass is 19.1. The summed E-state index contributed by atoms with van der Waals surface area (Å²) in [5.41, 5.74) is 1.58. The summed E-state index contributed by atoms with van der Waals surface area (Å²) in [6, 6.07) is 13.5. The van der Waals surface area contributed by atoms with Crippen molar-refractivity contribution >= 4 is 17.6 Å². The third kappa shape index (κ3) is 5.58. The molecule has 0 saturated carbocycles. The predicted octanol–water partition coefficient (Wildman–Crippen LogP) is 3.10. The van der Waals surface area contributed by atoms with E-state index in [1.54, 1.807) is 25.1 Å². The van der Waals surface area contributed by atoms with Gasteiger partial charge in [-0.05, 0) is 36.6 Å². The second kappa shape index (κ2) is 8.99. The molecule has 0 aliphatic carbocycles. The van der Waals surface area contributed by atoms with E-state index in [-0.39, 0.29) is 18.4 Å². The average molecular weight is 358 g/mol. The van der Waals surface area contributed by atoms with Gasteiger partial charge < -0.3 is 15.3 Å². The molecule has 0 spiro atoms. The number of carbonyl (C=O) groups is 2. The second-order valence-corrected chi connectivity index (χ2v) is 6.35. The summed E-state index contributed by atoms with van der Waals surface area (Å²) in [4.78, 5) is 25.1. The molecule has 0 fully saturated rings. The molecule has 0 bridgehead atoms. The van der Waals surface area contributed by atoms with Crippen LogP contribution >= 0.6 is 0 Å². The van der Waals surface area contributed by atoms with Crippen LogP contribution in [0.4, 0.5) is 10.1 Å². The zero-order valence-corrected chi connectivity index (χ0v) is 14.9. The van der Waals surface area contributed by atoms with Crippen molar-refractivity contribution in [1.29, 1.82) is 0 Å². The number of carboxylic acid groups (broad SMARTS) is 1. The van der Waals surface area contributed by atoms with Crippen molar-refractivity contribution in [1.82, 2.24) is 5.32 Å². The molecule has 138 valence electrons. The van der Waals surface area contributed by atoms with Crippen LogP contribution in [0, 0.1) is 5.82 Å². The highest BCUT2D eigenvalue weighted by Crippen LogP contribution is 2.17. The normalized spacial score (nSPS) is 11.7. The topological polar surface area (TPSA) is 69.6 Å². The lowest BCUT2D eigenvalue weighted by molar-refractivity contribution is -0.137. The maximum atomic E-state index is 14.3. The summed E-state index contributed by atoms with van der Waals surface area (Å²) in [5.74, 6) is -2.08. The van der Waals surface area contributed by atoms with E-state index in [4.69, 9.17) is 5.11 Å². The molecule has 0 heterocycles. The molecule has 0 aliphatic heterocycles. The Labute approximate surface area is 152 Å². The summed E-state index contributed by atoms with van der Waals surface area (Å²) in [7, 11) is 3.58. The number of hydrogen-bond acceptors (Lipinski definition) is 3. The molecule has 0 aromatic heterocycles. The monoisotopic (exact) mass is 358 g/mol. The smallest absolute Gasteiger partial charge is 0.303 e. The molecule has 1 amide bonds. The molecule has 1 atom stereocenters. The van der Waals surface area contributed by atoms with Crippen LogP contribution in [-0.2, 0) is 11.2 Å². The third-order valence-corrected chi connectivity index (χ3v) is 4.08. The lowest BCUT2D eigenvalue weighted by Crippen LogP contribution is -2.37. The zero-order valence-electron chi connectivity index (χ0n) is 14.9. The molecule has 2 aromatic rings. The number of carboxylic acids is 1. The molecule has 6 heteroatoms. The van der Waals surface area contributed by atoms with Crippen molar-refractivity contribution in [3.8, 4) is 0 Å². The molecule has 5 nitrogen and oxygen atoms in total. The number of amides is 1. The van der Waals surface area contributed by atoms with Gasteiger partial charge in [0.2, 0.25) is 0 Å². The van der Waals surface area contributed by atoms with E-state index in [2.05, 4.69) is 5.32 Å². The summed E-state index contributed by atoms with van der Waals surface area (Å²) in [6.45, 7) is 0. The van der Waals surface area contributed by atoms with E-state index in [9.17, 15) is 14.0 Å². The van der Waals surface area contributed by atoms with Gasteiger partial charge in [-0.1, -0.05) is 30.3 Å². The highest BCUT2D eigenvalue weighted by molar-refractivity contribution is 5.95. The number of aliphatic carboxylic acids is 1. The lowest BCUT2D eigenvalue weighted by Gasteiger charge is -2.19. The molecule has 2 aromatic carbocycles. The van der Waals surface area contributed by atoms with Crippen LogP contribution in [0.5, 0.6) is 0 Å². The minimum Gasteiger partial charge on any atom is -0.481 e. The Kier molecular flexibility index (Phi) is 6.72. The number of rotatable bonds is 8. The van der Waals surface area contributed by atoms with E-state index < -0.39 is 23.7 Å². The number of halogens is 1. The van der Waals surface area contributed by atoms with Gasteiger partial charge in [0.25, 0.3) is 5.91 Å². The third-order valence-electron chi connectivity index (χ3n) is 4.08. The van der Waals surface area contributed by atoms with Crippen molar-refractivity contribution in [2.75, 3.05) is 19.0 Å². The van der Waals surface area contributed by atoms with Gasteiger partial charge in [-0.3, -0.25) is 9.59 Å². The van der Waals surface area contributed by atoms with Gasteiger partial charge in [-0.25, -0.2) is 4.39 Å². The van der Waals surface area contributed by atoms with Gasteiger partial charge in [0.1, 0.15) is 5.82 Å². The molecule has 0 aliphatic rings. The minimum atomic E-state index is -0.932. The van der Waals surface area contributed by atoms with E-state index in [0.29, 0.717) is 12.1 Å². The van der Waals surface area contributed by atoms with E-state index in [1.807, 2.05) is 30.3 Å². The molecular weight excluding hydrogens is 335 g/mol. The van der Waals surface area contributed by atoms with Crippen molar-refractivity contribution in [2.45, 2.75) is 25.3 Å². The number of hydrogen-bond donors (Lipinski definition) is 2. The summed E-state index contributed by atoms with van der Waals surface area (Å²) in [5, 5.41) is 11.7. The van der Waals surface area contributed by atoms with Crippen molar-refractivity contribution in [3.63, 3.8) is 0 Å². The molecule has 26 heavy (non-hydrogen) atoms. The molecule has 0 saturated heterocycles. The predicted molar refractivity (Wildman–Crippen MR) is 99.0 cm³/mol. The number of anilines is 1. The second-order valence-electron chi connectivity index (χ2n) is 6.35. The summed E-state index contributed by atoms with van der Waals surface area (Å²) < 4.78 is 14.3. The first-order chi connectivity index (χ1) is 12.4. The van der Waals surface area contributed by atoms with Gasteiger partial charge in [-0.15, -0.1) is 0 Å². The van der Waals surface area contributed by atoms with Crippen LogP contribution in [0.3, 0.4) is 0 Å². The summed E-state index contributed by atoms with van der Waals surface area (Å²) in [6.07, 6.45) is 0.685. The van der Waals surface area contributed by atoms with Crippen LogP contribution in [0.2, 0.25) is 0 Å². The number of carbonyl (C=O) groups excluding carboxylic acids is 1. The van der Waals surface area contributed by atoms with Gasteiger partial charge in [0.05, 0.1) is 5.56 Å². The largest absolute Gasteiger partial charge is 0.481 e. The fraction of sp³-hybridized carbons (Fsp3) is 0.300. The molecule has 0 radical (unpaired) electrons. The lowest BCUT2D eigenvalue weighted by atomic mass is 10.0. The Morgan fingerprint density at radius 2 is 1.85 bits per heavy atom. The maximum absolute atomic E-state index is 14.3. The van der Waals surface area contributed by atoms with Gasteiger partial charge >= 0.3 is 5.97 Å². The molecule has 2 N–H and O–H groups in total. The van der Waals surface area contributed by atoms with Crippen LogP contribution in [-0.4, -0.2) is 37.1 Å². The van der Waals surface area contributed by atoms with E-state index in [0.717, 1.165) is 5.56 Å². The van der Waals surface area contributed by atoms with E-state index >= 15 is 0 Å². The van der Waals surface area contributed by atoms with Crippen LogP contribution in [0.1, 0.15) is 28.8 Å². The number of nitrogens with one attached hydrogen (secondary N) is 1. The Bertz CT molecular complexity index is 763. The average Bonchev–Trinajstić information content (AvgIpc) is 2.60. The zero-order chi connectivity index (χ0) is 19.1. The van der Waals surface area contributed by atoms with Gasteiger partial charge in [0, 0.05) is 32.2 Å². The Morgan fingerprint density at radius 3 is 2.42 bits per heavy atom. The standard InChI is InChI=1S/C20H23FN2O3/c1-23(2)16-9-10-17(18(21)13-16)20(26)22-15(8-11-19(24)25)12-14-6-4-3-5-7-14/h3-7,9-10,13,15H,8,11-12H2,1-2H3,(H,22,26)(H,24,25). The first kappa shape index (κ1) is 19.4. The number of benzene rings is 2. The van der Waals surface area contributed by atoms with Crippen LogP contribution in [0.25, 0.3) is 0 Å². The van der Waals surface area contributed by atoms with E-state index in [1.165, 1.54) is 12.1 Å². The molecular formula is C20H23FN2O3. The first-order valence-electron chi connectivity index (χ1n) is 8.40. The Hall–Kier alpha value is -2.89. The quantitative estimate of drug-likeness (QED) is 0.761. The number of nitrogens with zero attached hydrogens (tertiary/aromatic N) is 1. The first-order valence-corrected chi connectivity index (χ1v) is 8.40. The fourth-order valence-corrected chi connectivity index (χ4v) is 2.65. The maximum Gasteiger partial charge on any atom is 0.303 e. The fourth-order valence-electron chi connectivity index (χ4n) is 2.65. The molecule has 1 unspecified atom stereocenters. The van der Waals surface area contributed by atoms with Gasteiger partial charge in [-0.2, -0.15) is 0 Å². The van der Waals surface area contributed by atoms with Gasteiger partial charge in [0.15, 0.2) is 0 Å². The van der Waals surface area contributed by atoms with Crippen LogP contribution < -0.4 is 10.2 Å². The summed E-state index contributed by atoms with van der Waals surface area (Å²) >= 11 is 0. The van der Waals surface area contributed by atoms with Crippen LogP contribution in [0.15, 0.2) is 48.5 Å². The highest BCUT2D eigenvalue weighted by Gasteiger charge is 2.18. The molecule has 2 rings (SSSR count). The van der Waals surface area contributed by atoms with Crippen molar-refractivity contribution in [3.05, 3.63) is 65.5 Å². The van der Waals surface area contributed by atoms with Crippen molar-refractivity contribution < 1.29 is 19.1 Å². The van der Waals surface area contributed by atoms with Crippen molar-refractivity contribution in [2.24, 2.45) is 0 Å². The Morgan fingerprint density at radius 1 is 1.15 bits per heavy atom. The minimum absolute atomic E-state index is 0.0519. The SMILES string of the molecule is CN(C)c1ccc(C(=O)NC(CCC(=O)O)Cc2ccccc2)c(F)c1.